The van der Waals surface area contributed by atoms with Gasteiger partial charge in [-0.1, -0.05) is 17.7 Å². The molecule has 1 aromatic carbocycles. The van der Waals surface area contributed by atoms with Gasteiger partial charge in [-0.05, 0) is 19.1 Å². The van der Waals surface area contributed by atoms with E-state index in [0.29, 0.717) is 18.8 Å². The maximum atomic E-state index is 11.4. The third kappa shape index (κ3) is 3.18. The Labute approximate surface area is 83.6 Å². The van der Waals surface area contributed by atoms with Crippen LogP contribution >= 0.6 is 0 Å². The summed E-state index contributed by atoms with van der Waals surface area (Å²) in [6, 6.07) is 7.31. The van der Waals surface area contributed by atoms with Crippen LogP contribution in [0.25, 0.3) is 0 Å². The van der Waals surface area contributed by atoms with E-state index >= 15 is 0 Å². The van der Waals surface area contributed by atoms with Gasteiger partial charge >= 0.3 is 5.97 Å². The van der Waals surface area contributed by atoms with E-state index in [1.807, 2.05) is 19.1 Å². The highest BCUT2D eigenvalue weighted by Gasteiger charge is 2.05. The number of carbonyl (C=O) groups is 1. The summed E-state index contributed by atoms with van der Waals surface area (Å²) in [5.74, 6) is -0.300. The van der Waals surface area contributed by atoms with Crippen molar-refractivity contribution in [3.63, 3.8) is 0 Å². The predicted octanol–water partition coefficient (Wildman–Crippen LogP) is 1.80. The molecule has 76 valence electrons. The van der Waals surface area contributed by atoms with Crippen LogP contribution in [0, 0.1) is 6.92 Å². The van der Waals surface area contributed by atoms with Crippen molar-refractivity contribution in [1.82, 2.24) is 0 Å². The zero-order valence-corrected chi connectivity index (χ0v) is 8.45. The van der Waals surface area contributed by atoms with Crippen molar-refractivity contribution in [2.75, 3.05) is 20.3 Å². The van der Waals surface area contributed by atoms with Gasteiger partial charge in [0, 0.05) is 7.11 Å². The maximum absolute atomic E-state index is 11.4. The largest absolute Gasteiger partial charge is 0.460 e. The number of hydrogen-bond acceptors (Lipinski definition) is 3. The van der Waals surface area contributed by atoms with E-state index in [4.69, 9.17) is 9.47 Å². The van der Waals surface area contributed by atoms with Crippen molar-refractivity contribution >= 4 is 5.97 Å². The first kappa shape index (κ1) is 10.7. The summed E-state index contributed by atoms with van der Waals surface area (Å²) in [4.78, 5) is 11.4. The molecule has 0 atom stereocenters. The predicted molar refractivity (Wildman–Crippen MR) is 53.3 cm³/mol. The van der Waals surface area contributed by atoms with E-state index in [0.717, 1.165) is 5.56 Å². The summed E-state index contributed by atoms with van der Waals surface area (Å²) in [7, 11) is 1.57. The molecule has 14 heavy (non-hydrogen) atoms. The number of methoxy groups -OCH3 is 1. The third-order valence-electron chi connectivity index (χ3n) is 1.77. The lowest BCUT2D eigenvalue weighted by Crippen LogP contribution is -2.09. The molecule has 0 aliphatic heterocycles. The van der Waals surface area contributed by atoms with Crippen molar-refractivity contribution in [2.24, 2.45) is 0 Å². The molecule has 0 aromatic heterocycles. The summed E-state index contributed by atoms with van der Waals surface area (Å²) < 4.78 is 9.73. The number of hydrogen-bond donors (Lipinski definition) is 0. The average Bonchev–Trinajstić information content (AvgIpc) is 2.18. The highest BCUT2D eigenvalue weighted by Crippen LogP contribution is 2.05. The van der Waals surface area contributed by atoms with Crippen molar-refractivity contribution in [3.05, 3.63) is 35.4 Å². The molecule has 1 aromatic rings. The SMILES string of the molecule is COCCOC(=O)c1cccc(C)c1. The smallest absolute Gasteiger partial charge is 0.338 e. The molecular weight excluding hydrogens is 180 g/mol. The van der Waals surface area contributed by atoms with Crippen LogP contribution in [-0.2, 0) is 9.47 Å². The van der Waals surface area contributed by atoms with Gasteiger partial charge in [0.25, 0.3) is 0 Å². The Morgan fingerprint density at radius 2 is 2.14 bits per heavy atom. The van der Waals surface area contributed by atoms with Gasteiger partial charge in [-0.25, -0.2) is 4.79 Å². The minimum absolute atomic E-state index is 0.295. The molecule has 0 aliphatic rings. The molecule has 3 heteroatoms. The average molecular weight is 194 g/mol. The van der Waals surface area contributed by atoms with E-state index in [1.54, 1.807) is 19.2 Å². The molecule has 0 amide bonds. The lowest BCUT2D eigenvalue weighted by molar-refractivity contribution is 0.0388. The monoisotopic (exact) mass is 194 g/mol. The second kappa shape index (κ2) is 5.40. The van der Waals surface area contributed by atoms with Gasteiger partial charge < -0.3 is 9.47 Å². The van der Waals surface area contributed by atoms with Crippen LogP contribution in [0.15, 0.2) is 24.3 Å². The van der Waals surface area contributed by atoms with Gasteiger partial charge in [0.05, 0.1) is 12.2 Å². The fourth-order valence-corrected chi connectivity index (χ4v) is 1.07. The summed E-state index contributed by atoms with van der Waals surface area (Å²) in [6.07, 6.45) is 0. The summed E-state index contributed by atoms with van der Waals surface area (Å²) in [6.45, 7) is 2.66. The molecular formula is C11H14O3. The Balaban J connectivity index is 2.52. The van der Waals surface area contributed by atoms with Gasteiger partial charge in [0.1, 0.15) is 6.61 Å². The molecule has 0 heterocycles. The molecule has 0 N–H and O–H groups in total. The second-order valence-corrected chi connectivity index (χ2v) is 3.00. The Morgan fingerprint density at radius 1 is 1.36 bits per heavy atom. The van der Waals surface area contributed by atoms with E-state index in [9.17, 15) is 4.79 Å². The van der Waals surface area contributed by atoms with Crippen molar-refractivity contribution in [2.45, 2.75) is 6.92 Å². The number of benzene rings is 1. The van der Waals surface area contributed by atoms with Crippen LogP contribution < -0.4 is 0 Å². The summed E-state index contributed by atoms with van der Waals surface area (Å²) in [5, 5.41) is 0. The first-order valence-corrected chi connectivity index (χ1v) is 4.47. The fraction of sp³-hybridized carbons (Fsp3) is 0.364. The van der Waals surface area contributed by atoms with Crippen molar-refractivity contribution < 1.29 is 14.3 Å². The fourth-order valence-electron chi connectivity index (χ4n) is 1.07. The van der Waals surface area contributed by atoms with Crippen LogP contribution in [0.1, 0.15) is 15.9 Å². The number of carbonyl (C=O) groups excluding carboxylic acids is 1. The molecule has 3 nitrogen and oxygen atoms in total. The zero-order valence-electron chi connectivity index (χ0n) is 8.45. The topological polar surface area (TPSA) is 35.5 Å². The lowest BCUT2D eigenvalue weighted by atomic mass is 10.1. The van der Waals surface area contributed by atoms with E-state index in [-0.39, 0.29) is 5.97 Å². The number of aryl methyl sites for hydroxylation is 1. The Kier molecular flexibility index (Phi) is 4.13. The normalized spacial score (nSPS) is 9.86. The first-order chi connectivity index (χ1) is 6.74. The molecule has 0 fully saturated rings. The van der Waals surface area contributed by atoms with Gasteiger partial charge in [0.15, 0.2) is 0 Å². The molecule has 1 rings (SSSR count). The van der Waals surface area contributed by atoms with E-state index in [2.05, 4.69) is 0 Å². The van der Waals surface area contributed by atoms with E-state index < -0.39 is 0 Å². The Bertz CT molecular complexity index is 307. The molecule has 0 aliphatic carbocycles. The van der Waals surface area contributed by atoms with Gasteiger partial charge in [0.2, 0.25) is 0 Å². The van der Waals surface area contributed by atoms with Crippen LogP contribution in [0.4, 0.5) is 0 Å². The lowest BCUT2D eigenvalue weighted by Gasteiger charge is -2.04. The number of ether oxygens (including phenoxy) is 2. The highest BCUT2D eigenvalue weighted by atomic mass is 16.6. The summed E-state index contributed by atoms with van der Waals surface area (Å²) in [5.41, 5.74) is 1.63. The standard InChI is InChI=1S/C11H14O3/c1-9-4-3-5-10(8-9)11(12)14-7-6-13-2/h3-5,8H,6-7H2,1-2H3. The molecule has 0 bridgehead atoms. The van der Waals surface area contributed by atoms with Gasteiger partial charge in [-0.2, -0.15) is 0 Å². The van der Waals surface area contributed by atoms with Gasteiger partial charge in [-0.3, -0.25) is 0 Å². The van der Waals surface area contributed by atoms with Crippen LogP contribution in [0.5, 0.6) is 0 Å². The number of esters is 1. The molecule has 0 saturated heterocycles. The Hall–Kier alpha value is -1.35. The maximum Gasteiger partial charge on any atom is 0.338 e. The van der Waals surface area contributed by atoms with Gasteiger partial charge in [-0.15, -0.1) is 0 Å². The molecule has 0 radical (unpaired) electrons. The molecule has 0 spiro atoms. The minimum Gasteiger partial charge on any atom is -0.460 e. The third-order valence-corrected chi connectivity index (χ3v) is 1.77. The molecule has 0 saturated carbocycles. The first-order valence-electron chi connectivity index (χ1n) is 4.47. The van der Waals surface area contributed by atoms with Crippen molar-refractivity contribution in [3.8, 4) is 0 Å². The number of rotatable bonds is 4. The van der Waals surface area contributed by atoms with E-state index in [1.165, 1.54) is 0 Å². The Morgan fingerprint density at radius 3 is 2.79 bits per heavy atom. The molecule has 0 unspecified atom stereocenters. The highest BCUT2D eigenvalue weighted by molar-refractivity contribution is 5.89. The van der Waals surface area contributed by atoms with Crippen LogP contribution in [0.2, 0.25) is 0 Å². The van der Waals surface area contributed by atoms with Crippen LogP contribution in [0.3, 0.4) is 0 Å². The zero-order chi connectivity index (χ0) is 10.4. The summed E-state index contributed by atoms with van der Waals surface area (Å²) >= 11 is 0. The van der Waals surface area contributed by atoms with Crippen molar-refractivity contribution in [1.29, 1.82) is 0 Å². The second-order valence-electron chi connectivity index (χ2n) is 3.00. The van der Waals surface area contributed by atoms with Crippen LogP contribution in [-0.4, -0.2) is 26.3 Å². The quantitative estimate of drug-likeness (QED) is 0.541. The minimum atomic E-state index is -0.300.